The molecule has 0 aliphatic rings. The van der Waals surface area contributed by atoms with Crippen LogP contribution >= 0.6 is 15.9 Å². The van der Waals surface area contributed by atoms with Gasteiger partial charge in [-0.15, -0.1) is 0 Å². The first-order valence-electron chi connectivity index (χ1n) is 7.27. The highest BCUT2D eigenvalue weighted by Crippen LogP contribution is 2.36. The molecule has 1 heterocycles. The summed E-state index contributed by atoms with van der Waals surface area (Å²) in [6.45, 7) is 1.91. The van der Waals surface area contributed by atoms with Crippen molar-refractivity contribution in [2.75, 3.05) is 5.32 Å². The van der Waals surface area contributed by atoms with E-state index in [4.69, 9.17) is 4.52 Å². The monoisotopic (exact) mass is 405 g/mol. The number of rotatable bonds is 6. The Labute approximate surface area is 144 Å². The van der Waals surface area contributed by atoms with E-state index in [-0.39, 0.29) is 16.8 Å². The quantitative estimate of drug-likeness (QED) is 0.774. The van der Waals surface area contributed by atoms with Crippen molar-refractivity contribution in [3.05, 3.63) is 40.0 Å². The highest BCUT2D eigenvalue weighted by molar-refractivity contribution is 9.10. The summed E-state index contributed by atoms with van der Waals surface area (Å²) in [5, 5.41) is 6.32. The maximum atomic E-state index is 12.7. The Morgan fingerprint density at radius 3 is 2.71 bits per heavy atom. The van der Waals surface area contributed by atoms with E-state index in [9.17, 15) is 18.0 Å². The average Bonchev–Trinajstić information content (AvgIpc) is 2.94. The van der Waals surface area contributed by atoms with E-state index in [0.717, 1.165) is 6.07 Å². The van der Waals surface area contributed by atoms with E-state index in [1.165, 1.54) is 12.1 Å². The number of hydrogen-bond acceptors (Lipinski definition) is 4. The fraction of sp³-hybridized carbons (Fsp3) is 0.400. The van der Waals surface area contributed by atoms with Crippen LogP contribution in [0.15, 0.2) is 27.2 Å². The molecular formula is C15H15BrF3N3O2. The third-order valence-corrected chi connectivity index (χ3v) is 3.84. The Morgan fingerprint density at radius 2 is 2.12 bits per heavy atom. The van der Waals surface area contributed by atoms with Gasteiger partial charge >= 0.3 is 6.18 Å². The van der Waals surface area contributed by atoms with Crippen molar-refractivity contribution in [2.24, 2.45) is 0 Å². The molecule has 24 heavy (non-hydrogen) atoms. The molecule has 130 valence electrons. The average molecular weight is 406 g/mol. The lowest BCUT2D eigenvalue weighted by molar-refractivity contribution is -0.138. The fourth-order valence-electron chi connectivity index (χ4n) is 1.98. The van der Waals surface area contributed by atoms with Crippen LogP contribution in [0.3, 0.4) is 0 Å². The SMILES string of the molecule is CCc1noc(CCCC(=O)Nc2ccc(C(F)(F)F)c(Br)c2)n1. The largest absolute Gasteiger partial charge is 0.417 e. The minimum Gasteiger partial charge on any atom is -0.339 e. The number of amides is 1. The number of nitrogens with one attached hydrogen (secondary N) is 1. The molecular weight excluding hydrogens is 391 g/mol. The molecule has 0 saturated carbocycles. The molecule has 5 nitrogen and oxygen atoms in total. The summed E-state index contributed by atoms with van der Waals surface area (Å²) in [6.07, 6.45) is -2.60. The first-order chi connectivity index (χ1) is 11.3. The van der Waals surface area contributed by atoms with Crippen LogP contribution in [0.4, 0.5) is 18.9 Å². The molecule has 1 amide bonds. The van der Waals surface area contributed by atoms with Crippen molar-refractivity contribution in [2.45, 2.75) is 38.8 Å². The topological polar surface area (TPSA) is 68.0 Å². The van der Waals surface area contributed by atoms with E-state index in [2.05, 4.69) is 31.4 Å². The fourth-order valence-corrected chi connectivity index (χ4v) is 2.59. The van der Waals surface area contributed by atoms with Crippen molar-refractivity contribution in [1.82, 2.24) is 10.1 Å². The summed E-state index contributed by atoms with van der Waals surface area (Å²) >= 11 is 2.87. The Kier molecular flexibility index (Phi) is 5.98. The van der Waals surface area contributed by atoms with Crippen LogP contribution in [-0.4, -0.2) is 16.0 Å². The third kappa shape index (κ3) is 5.05. The molecule has 0 bridgehead atoms. The van der Waals surface area contributed by atoms with Crippen LogP contribution in [0.5, 0.6) is 0 Å². The minimum absolute atomic E-state index is 0.120. The van der Waals surface area contributed by atoms with E-state index < -0.39 is 11.7 Å². The molecule has 0 radical (unpaired) electrons. The molecule has 0 aliphatic heterocycles. The minimum atomic E-state index is -4.44. The van der Waals surface area contributed by atoms with Crippen LogP contribution in [0.25, 0.3) is 0 Å². The van der Waals surface area contributed by atoms with Crippen LogP contribution in [0.2, 0.25) is 0 Å². The van der Waals surface area contributed by atoms with Crippen LogP contribution < -0.4 is 5.32 Å². The highest BCUT2D eigenvalue weighted by atomic mass is 79.9. The molecule has 0 spiro atoms. The molecule has 2 rings (SSSR count). The zero-order valence-corrected chi connectivity index (χ0v) is 14.4. The molecule has 0 aliphatic carbocycles. The summed E-state index contributed by atoms with van der Waals surface area (Å²) < 4.78 is 42.9. The standard InChI is InChI=1S/C15H15BrF3N3O2/c1-2-12-21-14(24-22-12)5-3-4-13(23)20-9-6-7-10(11(16)8-9)15(17,18)19/h6-8H,2-5H2,1H3,(H,20,23). The maximum Gasteiger partial charge on any atom is 0.417 e. The van der Waals surface area contributed by atoms with Crippen molar-refractivity contribution in [3.8, 4) is 0 Å². The van der Waals surface area contributed by atoms with Gasteiger partial charge in [-0.3, -0.25) is 4.79 Å². The van der Waals surface area contributed by atoms with E-state index >= 15 is 0 Å². The number of nitrogens with zero attached hydrogens (tertiary/aromatic N) is 2. The predicted octanol–water partition coefficient (Wildman–Crippen LogP) is 4.37. The molecule has 1 aromatic carbocycles. The number of carbonyl (C=O) groups excluding carboxylic acids is 1. The first kappa shape index (κ1) is 18.4. The van der Waals surface area contributed by atoms with E-state index in [0.29, 0.717) is 36.7 Å². The van der Waals surface area contributed by atoms with Crippen molar-refractivity contribution >= 4 is 27.5 Å². The highest BCUT2D eigenvalue weighted by Gasteiger charge is 2.32. The van der Waals surface area contributed by atoms with Crippen LogP contribution in [0.1, 0.15) is 37.0 Å². The molecule has 0 atom stereocenters. The third-order valence-electron chi connectivity index (χ3n) is 3.18. The van der Waals surface area contributed by atoms with Crippen LogP contribution in [-0.2, 0) is 23.8 Å². The molecule has 0 unspecified atom stereocenters. The zero-order valence-electron chi connectivity index (χ0n) is 12.8. The second-order valence-corrected chi connectivity index (χ2v) is 5.91. The molecule has 1 aromatic heterocycles. The van der Waals surface area contributed by atoms with Gasteiger partial charge in [0, 0.05) is 29.4 Å². The van der Waals surface area contributed by atoms with Gasteiger partial charge in [0.25, 0.3) is 0 Å². The molecule has 0 saturated heterocycles. The Hall–Kier alpha value is -1.90. The lowest BCUT2D eigenvalue weighted by Gasteiger charge is -2.11. The number of alkyl halides is 3. The van der Waals surface area contributed by atoms with Crippen molar-refractivity contribution < 1.29 is 22.5 Å². The lowest BCUT2D eigenvalue weighted by atomic mass is 10.2. The molecule has 2 aromatic rings. The normalized spacial score (nSPS) is 11.5. The summed E-state index contributed by atoms with van der Waals surface area (Å²) in [4.78, 5) is 16.0. The van der Waals surface area contributed by atoms with Gasteiger partial charge in [-0.1, -0.05) is 28.0 Å². The van der Waals surface area contributed by atoms with Crippen molar-refractivity contribution in [1.29, 1.82) is 0 Å². The van der Waals surface area contributed by atoms with E-state index in [1.807, 2.05) is 6.92 Å². The van der Waals surface area contributed by atoms with E-state index in [1.54, 1.807) is 0 Å². The zero-order chi connectivity index (χ0) is 17.7. The summed E-state index contributed by atoms with van der Waals surface area (Å²) in [5.74, 6) is 0.790. The summed E-state index contributed by atoms with van der Waals surface area (Å²) in [7, 11) is 0. The second kappa shape index (κ2) is 7.78. The Balaban J connectivity index is 1.85. The lowest BCUT2D eigenvalue weighted by Crippen LogP contribution is -2.12. The number of carbonyl (C=O) groups is 1. The summed E-state index contributed by atoms with van der Waals surface area (Å²) in [6, 6.07) is 3.37. The number of halogens is 4. The number of benzene rings is 1. The molecule has 0 fully saturated rings. The maximum absolute atomic E-state index is 12.7. The number of aryl methyl sites for hydroxylation is 2. The number of anilines is 1. The number of aromatic nitrogens is 2. The Morgan fingerprint density at radius 1 is 1.38 bits per heavy atom. The van der Waals surface area contributed by atoms with Crippen LogP contribution in [0, 0.1) is 0 Å². The van der Waals surface area contributed by atoms with Gasteiger partial charge in [-0.25, -0.2) is 0 Å². The van der Waals surface area contributed by atoms with Gasteiger partial charge < -0.3 is 9.84 Å². The van der Waals surface area contributed by atoms with Gasteiger partial charge in [-0.05, 0) is 24.6 Å². The predicted molar refractivity (Wildman–Crippen MR) is 84.4 cm³/mol. The first-order valence-corrected chi connectivity index (χ1v) is 8.07. The van der Waals surface area contributed by atoms with Gasteiger partial charge in [0.05, 0.1) is 5.56 Å². The second-order valence-electron chi connectivity index (χ2n) is 5.05. The molecule has 9 heteroatoms. The Bertz CT molecular complexity index is 716. The smallest absolute Gasteiger partial charge is 0.339 e. The summed E-state index contributed by atoms with van der Waals surface area (Å²) in [5.41, 5.74) is -0.491. The number of hydrogen-bond donors (Lipinski definition) is 1. The van der Waals surface area contributed by atoms with Gasteiger partial charge in [0.2, 0.25) is 11.8 Å². The van der Waals surface area contributed by atoms with Gasteiger partial charge in [-0.2, -0.15) is 18.2 Å². The molecule has 1 N–H and O–H groups in total. The van der Waals surface area contributed by atoms with Gasteiger partial charge in [0.1, 0.15) is 0 Å². The van der Waals surface area contributed by atoms with Gasteiger partial charge in [0.15, 0.2) is 5.82 Å². The van der Waals surface area contributed by atoms with Crippen molar-refractivity contribution in [3.63, 3.8) is 0 Å².